The summed E-state index contributed by atoms with van der Waals surface area (Å²) in [5.41, 5.74) is 1.77. The number of hydrogen-bond donors (Lipinski definition) is 1. The molecule has 2 heterocycles. The van der Waals surface area contributed by atoms with Gasteiger partial charge in [-0.2, -0.15) is 5.10 Å². The van der Waals surface area contributed by atoms with Crippen molar-refractivity contribution in [2.45, 2.75) is 19.8 Å². The van der Waals surface area contributed by atoms with E-state index in [1.165, 1.54) is 0 Å². The first-order valence-corrected chi connectivity index (χ1v) is 8.44. The van der Waals surface area contributed by atoms with Gasteiger partial charge in [0.1, 0.15) is 0 Å². The van der Waals surface area contributed by atoms with Crippen LogP contribution in [0.1, 0.15) is 15.9 Å². The van der Waals surface area contributed by atoms with E-state index in [0.29, 0.717) is 21.5 Å². The Morgan fingerprint density at radius 3 is 2.81 bits per heavy atom. The second kappa shape index (κ2) is 7.42. The van der Waals surface area contributed by atoms with Crippen molar-refractivity contribution in [3.63, 3.8) is 0 Å². The molecule has 2 aromatic rings. The van der Waals surface area contributed by atoms with Crippen LogP contribution in [-0.2, 0) is 11.3 Å². The summed E-state index contributed by atoms with van der Waals surface area (Å²) in [4.78, 5) is 12.4. The lowest BCUT2D eigenvalue weighted by Gasteiger charge is -2.26. The molecule has 6 nitrogen and oxygen atoms in total. The van der Waals surface area contributed by atoms with Gasteiger partial charge in [0.2, 0.25) is 0 Å². The third-order valence-corrected chi connectivity index (χ3v) is 4.64. The van der Waals surface area contributed by atoms with E-state index in [-0.39, 0.29) is 6.54 Å². The van der Waals surface area contributed by atoms with Gasteiger partial charge in [-0.15, -0.1) is 13.2 Å². The van der Waals surface area contributed by atoms with Crippen LogP contribution in [-0.4, -0.2) is 52.7 Å². The molecule has 1 fully saturated rings. The highest BCUT2D eigenvalue weighted by molar-refractivity contribution is 6.24. The molecule has 1 N–H and O–H groups in total. The number of alkyl halides is 3. The van der Waals surface area contributed by atoms with Crippen LogP contribution >= 0.6 is 11.8 Å². The lowest BCUT2D eigenvalue weighted by Crippen LogP contribution is -2.44. The number of aryl methyl sites for hydroxylation is 1. The molecule has 0 atom stereocenters. The largest absolute Gasteiger partial charge is 0.522 e. The van der Waals surface area contributed by atoms with Gasteiger partial charge in [-0.3, -0.25) is 14.2 Å². The molecule has 1 aromatic heterocycles. The van der Waals surface area contributed by atoms with E-state index in [1.54, 1.807) is 19.1 Å². The molecule has 26 heavy (non-hydrogen) atoms. The summed E-state index contributed by atoms with van der Waals surface area (Å²) in [5, 5.41) is 8.53. The number of carbonyl (C=O) groups excluding carboxylic acids is 1. The molecule has 0 aliphatic carbocycles. The number of amides is 1. The number of hydrogen-bond acceptors (Lipinski definition) is 4. The highest BCUT2D eigenvalue weighted by atomic mass is 35.5. The minimum Gasteiger partial charge on any atom is -0.316 e. The summed E-state index contributed by atoms with van der Waals surface area (Å²) in [6.45, 7) is 3.36. The highest BCUT2D eigenvalue weighted by Crippen LogP contribution is 2.24. The SMILES string of the molecule is Cc1c(C(=O)N(Cl)CCOC(F)(F)F)ccc2nn(CC3CNC3)cc12. The van der Waals surface area contributed by atoms with Crippen LogP contribution in [0.5, 0.6) is 0 Å². The van der Waals surface area contributed by atoms with Crippen molar-refractivity contribution in [3.8, 4) is 0 Å². The van der Waals surface area contributed by atoms with Crippen molar-refractivity contribution in [1.29, 1.82) is 0 Å². The average molecular weight is 391 g/mol. The van der Waals surface area contributed by atoms with Gasteiger partial charge >= 0.3 is 6.36 Å². The van der Waals surface area contributed by atoms with E-state index in [4.69, 9.17) is 11.8 Å². The van der Waals surface area contributed by atoms with Crippen molar-refractivity contribution in [1.82, 2.24) is 19.5 Å². The minimum absolute atomic E-state index is 0.323. The first-order valence-electron chi connectivity index (χ1n) is 8.10. The lowest BCUT2D eigenvalue weighted by atomic mass is 10.0. The molecule has 1 amide bonds. The number of nitrogens with zero attached hydrogens (tertiary/aromatic N) is 3. The Kier molecular flexibility index (Phi) is 5.40. The summed E-state index contributed by atoms with van der Waals surface area (Å²) in [6.07, 6.45) is -2.87. The Morgan fingerprint density at radius 2 is 2.19 bits per heavy atom. The molecular formula is C16H18ClF3N4O2. The number of fused-ring (bicyclic) bond motifs is 1. The Balaban J connectivity index is 1.72. The fourth-order valence-corrected chi connectivity index (χ4v) is 2.98. The number of nitrogens with one attached hydrogen (secondary N) is 1. The molecular weight excluding hydrogens is 373 g/mol. The lowest BCUT2D eigenvalue weighted by molar-refractivity contribution is -0.324. The Hall–Kier alpha value is -1.84. The molecule has 0 unspecified atom stereocenters. The molecule has 142 valence electrons. The van der Waals surface area contributed by atoms with Gasteiger partial charge in [-0.25, -0.2) is 4.42 Å². The predicted octanol–water partition coefficient (Wildman–Crippen LogP) is 2.70. The van der Waals surface area contributed by atoms with E-state index in [2.05, 4.69) is 15.2 Å². The van der Waals surface area contributed by atoms with Crippen molar-refractivity contribution >= 4 is 28.6 Å². The van der Waals surface area contributed by atoms with Gasteiger partial charge < -0.3 is 5.32 Å². The first kappa shape index (κ1) is 18.9. The zero-order valence-corrected chi connectivity index (χ0v) is 14.8. The molecule has 1 saturated heterocycles. The molecule has 10 heteroatoms. The number of rotatable bonds is 6. The number of carbonyl (C=O) groups is 1. The quantitative estimate of drug-likeness (QED) is 0.770. The fourth-order valence-electron chi connectivity index (χ4n) is 2.82. The van der Waals surface area contributed by atoms with Gasteiger partial charge in [0.15, 0.2) is 0 Å². The molecule has 0 radical (unpaired) electrons. The number of aromatic nitrogens is 2. The zero-order chi connectivity index (χ0) is 18.9. The molecule has 0 bridgehead atoms. The molecule has 0 saturated carbocycles. The van der Waals surface area contributed by atoms with Crippen LogP contribution < -0.4 is 5.32 Å². The van der Waals surface area contributed by atoms with Crippen LogP contribution in [0.2, 0.25) is 0 Å². The fraction of sp³-hybridized carbons (Fsp3) is 0.500. The Morgan fingerprint density at radius 1 is 1.46 bits per heavy atom. The second-order valence-electron chi connectivity index (χ2n) is 6.23. The molecule has 1 aliphatic rings. The summed E-state index contributed by atoms with van der Waals surface area (Å²) in [6, 6.07) is 3.30. The zero-order valence-electron chi connectivity index (χ0n) is 14.0. The van der Waals surface area contributed by atoms with E-state index in [0.717, 1.165) is 30.5 Å². The minimum atomic E-state index is -4.75. The topological polar surface area (TPSA) is 59.4 Å². The van der Waals surface area contributed by atoms with Gasteiger partial charge in [-0.1, -0.05) is 0 Å². The maximum Gasteiger partial charge on any atom is 0.522 e. The second-order valence-corrected chi connectivity index (χ2v) is 6.64. The first-order chi connectivity index (χ1) is 12.2. The van der Waals surface area contributed by atoms with E-state index in [9.17, 15) is 18.0 Å². The van der Waals surface area contributed by atoms with E-state index >= 15 is 0 Å². The highest BCUT2D eigenvalue weighted by Gasteiger charge is 2.29. The number of benzene rings is 1. The normalized spacial score (nSPS) is 15.3. The molecule has 0 spiro atoms. The third kappa shape index (κ3) is 4.28. The smallest absolute Gasteiger partial charge is 0.316 e. The van der Waals surface area contributed by atoms with Crippen LogP contribution in [0, 0.1) is 12.8 Å². The van der Waals surface area contributed by atoms with Crippen LogP contribution in [0.15, 0.2) is 18.3 Å². The van der Waals surface area contributed by atoms with Gasteiger partial charge in [0.05, 0.1) is 18.7 Å². The summed E-state index contributed by atoms with van der Waals surface area (Å²) in [7, 11) is 0. The number of ether oxygens (including phenoxy) is 1. The molecule has 1 aromatic carbocycles. The van der Waals surface area contributed by atoms with Crippen molar-refractivity contribution < 1.29 is 22.7 Å². The van der Waals surface area contributed by atoms with Crippen molar-refractivity contribution in [2.24, 2.45) is 5.92 Å². The maximum absolute atomic E-state index is 12.4. The van der Waals surface area contributed by atoms with E-state index < -0.39 is 18.9 Å². The Bertz CT molecular complexity index is 805. The maximum atomic E-state index is 12.4. The van der Waals surface area contributed by atoms with Gasteiger partial charge in [0, 0.05) is 54.5 Å². The van der Waals surface area contributed by atoms with E-state index in [1.807, 2.05) is 10.9 Å². The summed E-state index contributed by atoms with van der Waals surface area (Å²) in [5.74, 6) is -0.0366. The van der Waals surface area contributed by atoms with Crippen LogP contribution in [0.3, 0.4) is 0 Å². The van der Waals surface area contributed by atoms with Crippen LogP contribution in [0.25, 0.3) is 10.9 Å². The molecule has 3 rings (SSSR count). The van der Waals surface area contributed by atoms with Crippen molar-refractivity contribution in [2.75, 3.05) is 26.2 Å². The number of halogens is 4. The standard InChI is InChI=1S/C16H18ClF3N4O2/c1-10-12(15(25)24(17)4-5-26-16(18,19)20)2-3-14-13(10)9-23(22-14)8-11-6-21-7-11/h2-3,9,11,21H,4-8H2,1H3. The van der Waals surface area contributed by atoms with Gasteiger partial charge in [-0.05, 0) is 24.6 Å². The van der Waals surface area contributed by atoms with Crippen LogP contribution in [0.4, 0.5) is 13.2 Å². The average Bonchev–Trinajstić information content (AvgIpc) is 2.93. The third-order valence-electron chi connectivity index (χ3n) is 4.32. The predicted molar refractivity (Wildman–Crippen MR) is 89.7 cm³/mol. The Labute approximate surface area is 152 Å². The van der Waals surface area contributed by atoms with Gasteiger partial charge in [0.25, 0.3) is 5.91 Å². The summed E-state index contributed by atoms with van der Waals surface area (Å²) >= 11 is 5.83. The van der Waals surface area contributed by atoms with Crippen molar-refractivity contribution in [3.05, 3.63) is 29.5 Å². The summed E-state index contributed by atoms with van der Waals surface area (Å²) < 4.78 is 42.2. The monoisotopic (exact) mass is 390 g/mol. The molecule has 1 aliphatic heterocycles.